The van der Waals surface area contributed by atoms with Gasteiger partial charge >= 0.3 is 0 Å². The predicted molar refractivity (Wildman–Crippen MR) is 78.0 cm³/mol. The molecule has 1 amide bonds. The Morgan fingerprint density at radius 2 is 2.25 bits per heavy atom. The van der Waals surface area contributed by atoms with Gasteiger partial charge in [-0.2, -0.15) is 0 Å². The predicted octanol–water partition coefficient (Wildman–Crippen LogP) is 1.70. The minimum absolute atomic E-state index is 0.0175. The molecule has 0 radical (unpaired) electrons. The number of methoxy groups -OCH3 is 1. The summed E-state index contributed by atoms with van der Waals surface area (Å²) in [4.78, 5) is 14.0. The highest BCUT2D eigenvalue weighted by Gasteiger charge is 2.17. The van der Waals surface area contributed by atoms with E-state index in [1.807, 2.05) is 18.9 Å². The largest absolute Gasteiger partial charge is 0.396 e. The van der Waals surface area contributed by atoms with Crippen LogP contribution in [0.25, 0.3) is 0 Å². The molecule has 1 unspecified atom stereocenters. The number of benzene rings is 1. The maximum Gasteiger partial charge on any atom is 0.241 e. The van der Waals surface area contributed by atoms with Gasteiger partial charge in [-0.15, -0.1) is 0 Å². The first-order valence-electron chi connectivity index (χ1n) is 6.50. The minimum atomic E-state index is -0.493. The minimum Gasteiger partial charge on any atom is -0.396 e. The lowest BCUT2D eigenvalue weighted by atomic mass is 10.2. The second-order valence-electron chi connectivity index (χ2n) is 4.73. The van der Waals surface area contributed by atoms with Crippen molar-refractivity contribution in [3.8, 4) is 0 Å². The van der Waals surface area contributed by atoms with Gasteiger partial charge in [-0.1, -0.05) is 0 Å². The summed E-state index contributed by atoms with van der Waals surface area (Å²) in [7, 11) is 3.52. The van der Waals surface area contributed by atoms with Gasteiger partial charge in [-0.05, 0) is 38.6 Å². The lowest BCUT2D eigenvalue weighted by Crippen LogP contribution is -2.40. The number of hydrogen-bond donors (Lipinski definition) is 2. The lowest BCUT2D eigenvalue weighted by Gasteiger charge is -2.23. The van der Waals surface area contributed by atoms with Gasteiger partial charge in [0, 0.05) is 25.9 Å². The number of carbonyl (C=O) groups is 1. The zero-order chi connectivity index (χ0) is 15.1. The molecule has 0 saturated carbocycles. The van der Waals surface area contributed by atoms with E-state index in [1.165, 1.54) is 18.2 Å². The Kier molecular flexibility index (Phi) is 6.41. The molecule has 0 spiro atoms. The van der Waals surface area contributed by atoms with Crippen LogP contribution in [0.1, 0.15) is 13.3 Å². The number of anilines is 2. The Hall–Kier alpha value is -1.66. The smallest absolute Gasteiger partial charge is 0.241 e. The number of likely N-dealkylation sites (N-methyl/N-ethyl adjacent to an activating group) is 1. The van der Waals surface area contributed by atoms with E-state index < -0.39 is 5.82 Å². The van der Waals surface area contributed by atoms with E-state index >= 15 is 0 Å². The number of carbonyl (C=O) groups excluding carboxylic acids is 1. The van der Waals surface area contributed by atoms with Crippen molar-refractivity contribution in [2.75, 3.05) is 38.4 Å². The SMILES string of the molecule is COCCCN(C)C(C)C(=O)Nc1ccc(F)c(N)c1. The van der Waals surface area contributed by atoms with E-state index in [2.05, 4.69) is 5.32 Å². The van der Waals surface area contributed by atoms with Crippen LogP contribution >= 0.6 is 0 Å². The van der Waals surface area contributed by atoms with Gasteiger partial charge in [0.1, 0.15) is 5.82 Å². The molecule has 0 aliphatic carbocycles. The third kappa shape index (κ3) is 4.79. The molecule has 0 fully saturated rings. The molecule has 0 saturated heterocycles. The first kappa shape index (κ1) is 16.4. The van der Waals surface area contributed by atoms with Crippen molar-refractivity contribution < 1.29 is 13.9 Å². The Bertz CT molecular complexity index is 454. The van der Waals surface area contributed by atoms with Crippen LogP contribution in [-0.4, -0.2) is 44.2 Å². The molecule has 5 nitrogen and oxygen atoms in total. The van der Waals surface area contributed by atoms with E-state index in [-0.39, 0.29) is 17.6 Å². The first-order valence-corrected chi connectivity index (χ1v) is 6.50. The van der Waals surface area contributed by atoms with E-state index in [9.17, 15) is 9.18 Å². The Balaban J connectivity index is 2.54. The number of ether oxygens (including phenoxy) is 1. The molecule has 112 valence electrons. The quantitative estimate of drug-likeness (QED) is 0.590. The average molecular weight is 283 g/mol. The number of halogens is 1. The maximum absolute atomic E-state index is 13.0. The number of nitrogens with two attached hydrogens (primary N) is 1. The monoisotopic (exact) mass is 283 g/mol. The lowest BCUT2D eigenvalue weighted by molar-refractivity contribution is -0.120. The molecule has 0 bridgehead atoms. The Labute approximate surface area is 118 Å². The average Bonchev–Trinajstić information content (AvgIpc) is 2.42. The Morgan fingerprint density at radius 1 is 1.55 bits per heavy atom. The Morgan fingerprint density at radius 3 is 2.85 bits per heavy atom. The fourth-order valence-electron chi connectivity index (χ4n) is 1.72. The van der Waals surface area contributed by atoms with E-state index in [0.717, 1.165) is 13.0 Å². The highest BCUT2D eigenvalue weighted by atomic mass is 19.1. The number of rotatable bonds is 7. The number of amides is 1. The third-order valence-corrected chi connectivity index (χ3v) is 3.16. The molecular formula is C14H22FN3O2. The topological polar surface area (TPSA) is 67.6 Å². The van der Waals surface area contributed by atoms with E-state index in [4.69, 9.17) is 10.5 Å². The number of nitrogens with one attached hydrogen (secondary N) is 1. The second-order valence-corrected chi connectivity index (χ2v) is 4.73. The number of hydrogen-bond acceptors (Lipinski definition) is 4. The van der Waals surface area contributed by atoms with Crippen molar-refractivity contribution in [3.63, 3.8) is 0 Å². The molecule has 0 aromatic heterocycles. The van der Waals surface area contributed by atoms with Gasteiger partial charge < -0.3 is 15.8 Å². The molecule has 0 heterocycles. The van der Waals surface area contributed by atoms with Crippen molar-refractivity contribution in [2.45, 2.75) is 19.4 Å². The standard InChI is InChI=1S/C14H22FN3O2/c1-10(18(2)7-4-8-20-3)14(19)17-11-5-6-12(15)13(16)9-11/h5-6,9-10H,4,7-8,16H2,1-3H3,(H,17,19). The molecule has 1 aromatic rings. The molecule has 3 N–H and O–H groups in total. The summed E-state index contributed by atoms with van der Waals surface area (Å²) in [6.45, 7) is 3.23. The summed E-state index contributed by atoms with van der Waals surface area (Å²) >= 11 is 0. The maximum atomic E-state index is 13.0. The van der Waals surface area contributed by atoms with E-state index in [0.29, 0.717) is 12.3 Å². The third-order valence-electron chi connectivity index (χ3n) is 3.16. The number of nitrogen functional groups attached to an aromatic ring is 1. The summed E-state index contributed by atoms with van der Waals surface area (Å²) in [5.74, 6) is -0.649. The van der Waals surface area contributed by atoms with Gasteiger partial charge in [0.25, 0.3) is 0 Å². The fraction of sp³-hybridized carbons (Fsp3) is 0.500. The molecule has 0 aliphatic rings. The van der Waals surface area contributed by atoms with Crippen LogP contribution in [0.3, 0.4) is 0 Å². The van der Waals surface area contributed by atoms with Crippen LogP contribution in [0.5, 0.6) is 0 Å². The van der Waals surface area contributed by atoms with Crippen molar-refractivity contribution in [2.24, 2.45) is 0 Å². The summed E-state index contributed by atoms with van der Waals surface area (Å²) in [6.07, 6.45) is 0.855. The highest BCUT2D eigenvalue weighted by molar-refractivity contribution is 5.94. The van der Waals surface area contributed by atoms with E-state index in [1.54, 1.807) is 7.11 Å². The molecule has 1 aromatic carbocycles. The van der Waals surface area contributed by atoms with Gasteiger partial charge in [0.2, 0.25) is 5.91 Å². The number of nitrogens with zero attached hydrogens (tertiary/aromatic N) is 1. The molecular weight excluding hydrogens is 261 g/mol. The van der Waals surface area contributed by atoms with Crippen molar-refractivity contribution in [1.29, 1.82) is 0 Å². The summed E-state index contributed by atoms with van der Waals surface area (Å²) in [5, 5.41) is 2.72. The van der Waals surface area contributed by atoms with Crippen molar-refractivity contribution in [1.82, 2.24) is 4.90 Å². The fourth-order valence-corrected chi connectivity index (χ4v) is 1.72. The van der Waals surface area contributed by atoms with Crippen LogP contribution in [0.2, 0.25) is 0 Å². The van der Waals surface area contributed by atoms with Crippen molar-refractivity contribution in [3.05, 3.63) is 24.0 Å². The van der Waals surface area contributed by atoms with Crippen LogP contribution < -0.4 is 11.1 Å². The second kappa shape index (κ2) is 7.81. The molecule has 1 rings (SSSR count). The molecule has 1 atom stereocenters. The van der Waals surface area contributed by atoms with Gasteiger partial charge in [0.15, 0.2) is 0 Å². The molecule has 0 aliphatic heterocycles. The highest BCUT2D eigenvalue weighted by Crippen LogP contribution is 2.16. The summed E-state index contributed by atoms with van der Waals surface area (Å²) < 4.78 is 18.0. The normalized spacial score (nSPS) is 12.4. The van der Waals surface area contributed by atoms with Crippen molar-refractivity contribution >= 4 is 17.3 Å². The molecule has 6 heteroatoms. The van der Waals surface area contributed by atoms with Crippen LogP contribution in [0.4, 0.5) is 15.8 Å². The van der Waals surface area contributed by atoms with Gasteiger partial charge in [-0.25, -0.2) is 4.39 Å². The zero-order valence-corrected chi connectivity index (χ0v) is 12.1. The summed E-state index contributed by atoms with van der Waals surface area (Å²) in [6, 6.07) is 3.84. The van der Waals surface area contributed by atoms with Crippen LogP contribution in [0, 0.1) is 5.82 Å². The van der Waals surface area contributed by atoms with Gasteiger partial charge in [-0.3, -0.25) is 9.69 Å². The van der Waals surface area contributed by atoms with Crippen LogP contribution in [-0.2, 0) is 9.53 Å². The molecule has 20 heavy (non-hydrogen) atoms. The van der Waals surface area contributed by atoms with Crippen LogP contribution in [0.15, 0.2) is 18.2 Å². The van der Waals surface area contributed by atoms with Gasteiger partial charge in [0.05, 0.1) is 11.7 Å². The first-order chi connectivity index (χ1) is 9.45. The summed E-state index contributed by atoms with van der Waals surface area (Å²) in [5.41, 5.74) is 5.97. The zero-order valence-electron chi connectivity index (χ0n) is 12.1.